The Morgan fingerprint density at radius 3 is 2.79 bits per heavy atom. The molecule has 4 aromatic rings. The monoisotopic (exact) mass is 369 g/mol. The van der Waals surface area contributed by atoms with Crippen LogP contribution in [0.3, 0.4) is 0 Å². The molecule has 4 heteroatoms. The number of aromatic nitrogens is 2. The summed E-state index contributed by atoms with van der Waals surface area (Å²) in [5, 5.41) is 11.2. The van der Waals surface area contributed by atoms with Crippen LogP contribution in [0.1, 0.15) is 34.3 Å². The van der Waals surface area contributed by atoms with E-state index in [1.54, 1.807) is 6.07 Å². The van der Waals surface area contributed by atoms with Gasteiger partial charge < -0.3 is 10.1 Å². The average Bonchev–Trinajstić information content (AvgIpc) is 3.06. The molecule has 0 amide bonds. The van der Waals surface area contributed by atoms with Crippen LogP contribution in [-0.4, -0.2) is 26.5 Å². The van der Waals surface area contributed by atoms with Crippen molar-refractivity contribution >= 4 is 10.9 Å². The van der Waals surface area contributed by atoms with Crippen LogP contribution in [0.4, 0.5) is 0 Å². The number of phenolic OH excluding ortho intramolecular Hbond substituents is 1. The second-order valence-electron chi connectivity index (χ2n) is 7.56. The number of aryl methyl sites for hydroxylation is 1. The number of nitrogens with zero attached hydrogens (tertiary/aromatic N) is 2. The van der Waals surface area contributed by atoms with Crippen LogP contribution in [0.2, 0.25) is 0 Å². The highest BCUT2D eigenvalue weighted by Gasteiger charge is 2.32. The fourth-order valence-corrected chi connectivity index (χ4v) is 4.40. The highest BCUT2D eigenvalue weighted by molar-refractivity contribution is 5.85. The highest BCUT2D eigenvalue weighted by Crippen LogP contribution is 2.38. The molecule has 4 nitrogen and oxygen atoms in total. The molecule has 0 unspecified atom stereocenters. The van der Waals surface area contributed by atoms with E-state index in [-0.39, 0.29) is 6.04 Å². The Kier molecular flexibility index (Phi) is 4.14. The van der Waals surface area contributed by atoms with Gasteiger partial charge in [-0.25, -0.2) is 0 Å². The second kappa shape index (κ2) is 6.80. The lowest BCUT2D eigenvalue weighted by molar-refractivity contribution is 0.198. The van der Waals surface area contributed by atoms with Crippen LogP contribution in [0.5, 0.6) is 5.75 Å². The Bertz CT molecular complexity index is 1150. The molecule has 5 rings (SSSR count). The van der Waals surface area contributed by atoms with Gasteiger partial charge in [-0.05, 0) is 54.8 Å². The lowest BCUT2D eigenvalue weighted by Crippen LogP contribution is -2.36. The molecule has 0 bridgehead atoms. The number of rotatable bonds is 3. The first kappa shape index (κ1) is 17.0. The van der Waals surface area contributed by atoms with Gasteiger partial charge in [0, 0.05) is 35.4 Å². The minimum Gasteiger partial charge on any atom is -0.508 e. The molecule has 0 saturated heterocycles. The topological polar surface area (TPSA) is 52.2 Å². The van der Waals surface area contributed by atoms with Crippen molar-refractivity contribution in [1.82, 2.24) is 14.9 Å². The minimum absolute atomic E-state index is 0.0680. The maximum absolute atomic E-state index is 9.88. The Morgan fingerprint density at radius 1 is 1.07 bits per heavy atom. The van der Waals surface area contributed by atoms with Crippen LogP contribution in [0.25, 0.3) is 10.9 Å². The van der Waals surface area contributed by atoms with E-state index in [1.165, 1.54) is 22.2 Å². The molecule has 0 radical (unpaired) electrons. The number of nitrogens with one attached hydrogen (secondary N) is 1. The highest BCUT2D eigenvalue weighted by atomic mass is 16.3. The van der Waals surface area contributed by atoms with E-state index in [1.807, 2.05) is 25.1 Å². The van der Waals surface area contributed by atoms with Crippen molar-refractivity contribution in [1.29, 1.82) is 0 Å². The van der Waals surface area contributed by atoms with Crippen LogP contribution in [0, 0.1) is 6.92 Å². The second-order valence-corrected chi connectivity index (χ2v) is 7.56. The smallest absolute Gasteiger partial charge is 0.115 e. The quantitative estimate of drug-likeness (QED) is 0.549. The first-order valence-electron chi connectivity index (χ1n) is 9.74. The number of benzene rings is 2. The molecule has 28 heavy (non-hydrogen) atoms. The van der Waals surface area contributed by atoms with E-state index < -0.39 is 0 Å². The Balaban J connectivity index is 1.63. The fourth-order valence-electron chi connectivity index (χ4n) is 4.40. The minimum atomic E-state index is 0.0680. The Morgan fingerprint density at radius 2 is 1.93 bits per heavy atom. The SMILES string of the molecule is Cc1cccc([C@H]2c3[nH]c4ccccc4c3CCN2Cc2cccc(O)c2)n1. The predicted molar refractivity (Wildman–Crippen MR) is 111 cm³/mol. The van der Waals surface area contributed by atoms with Gasteiger partial charge in [0.1, 0.15) is 5.75 Å². The summed E-state index contributed by atoms with van der Waals surface area (Å²) >= 11 is 0. The summed E-state index contributed by atoms with van der Waals surface area (Å²) in [4.78, 5) is 11.0. The zero-order valence-corrected chi connectivity index (χ0v) is 15.9. The summed E-state index contributed by atoms with van der Waals surface area (Å²) in [6, 6.07) is 22.4. The van der Waals surface area contributed by atoms with Gasteiger partial charge in [-0.15, -0.1) is 0 Å². The van der Waals surface area contributed by atoms with Crippen molar-refractivity contribution in [2.24, 2.45) is 0 Å². The summed E-state index contributed by atoms with van der Waals surface area (Å²) in [7, 11) is 0. The van der Waals surface area contributed by atoms with Crippen LogP contribution < -0.4 is 0 Å². The number of H-pyrrole nitrogens is 1. The van der Waals surface area contributed by atoms with Gasteiger partial charge in [0.25, 0.3) is 0 Å². The normalized spacial score (nSPS) is 17.0. The molecular formula is C24H23N3O. The van der Waals surface area contributed by atoms with Crippen LogP contribution >= 0.6 is 0 Å². The Hall–Kier alpha value is -3.11. The molecule has 2 aromatic carbocycles. The fraction of sp³-hybridized carbons (Fsp3) is 0.208. The third kappa shape index (κ3) is 2.96. The van der Waals surface area contributed by atoms with E-state index in [4.69, 9.17) is 4.98 Å². The number of aromatic hydroxyl groups is 1. The van der Waals surface area contributed by atoms with Gasteiger partial charge in [0.2, 0.25) is 0 Å². The van der Waals surface area contributed by atoms with E-state index in [2.05, 4.69) is 52.3 Å². The molecule has 140 valence electrons. The summed E-state index contributed by atoms with van der Waals surface area (Å²) in [5.74, 6) is 0.311. The average molecular weight is 369 g/mol. The lowest BCUT2D eigenvalue weighted by Gasteiger charge is -2.35. The largest absolute Gasteiger partial charge is 0.508 e. The van der Waals surface area contributed by atoms with Crippen molar-refractivity contribution in [2.75, 3.05) is 6.54 Å². The van der Waals surface area contributed by atoms with Crippen molar-refractivity contribution < 1.29 is 5.11 Å². The number of hydrogen-bond donors (Lipinski definition) is 2. The lowest BCUT2D eigenvalue weighted by atomic mass is 9.94. The maximum atomic E-state index is 9.88. The van der Waals surface area contributed by atoms with Crippen LogP contribution in [-0.2, 0) is 13.0 Å². The molecular weight excluding hydrogens is 346 g/mol. The van der Waals surface area contributed by atoms with Gasteiger partial charge in [-0.1, -0.05) is 36.4 Å². The molecule has 1 aliphatic rings. The number of pyridine rings is 1. The number of aromatic amines is 1. The van der Waals surface area contributed by atoms with E-state index in [9.17, 15) is 5.11 Å². The van der Waals surface area contributed by atoms with Crippen LogP contribution in [0.15, 0.2) is 66.7 Å². The van der Waals surface area contributed by atoms with Gasteiger partial charge >= 0.3 is 0 Å². The summed E-state index contributed by atoms with van der Waals surface area (Å²) in [6.07, 6.45) is 1.00. The summed E-state index contributed by atoms with van der Waals surface area (Å²) in [6.45, 7) is 3.76. The molecule has 0 aliphatic carbocycles. The van der Waals surface area contributed by atoms with Crippen molar-refractivity contribution in [2.45, 2.75) is 25.9 Å². The third-order valence-electron chi connectivity index (χ3n) is 5.62. The van der Waals surface area contributed by atoms with E-state index >= 15 is 0 Å². The number of hydrogen-bond acceptors (Lipinski definition) is 3. The van der Waals surface area contributed by atoms with E-state index in [0.717, 1.165) is 36.5 Å². The molecule has 0 spiro atoms. The molecule has 2 aromatic heterocycles. The predicted octanol–water partition coefficient (Wildman–Crippen LogP) is 4.72. The molecule has 2 N–H and O–H groups in total. The third-order valence-corrected chi connectivity index (χ3v) is 5.62. The van der Waals surface area contributed by atoms with Gasteiger partial charge in [0.05, 0.1) is 11.7 Å². The van der Waals surface area contributed by atoms with Crippen molar-refractivity contribution in [3.63, 3.8) is 0 Å². The standard InChI is InChI=1S/C24H23N3O/c1-16-6-4-11-22(25-16)24-23-20(19-9-2-3-10-21(19)26-23)12-13-27(24)15-17-7-5-8-18(28)14-17/h2-11,14,24,26,28H,12-13,15H2,1H3/t24-/m0/s1. The molecule has 0 saturated carbocycles. The Labute approximate surface area is 164 Å². The van der Waals surface area contributed by atoms with Gasteiger partial charge in [-0.2, -0.15) is 0 Å². The van der Waals surface area contributed by atoms with Crippen molar-refractivity contribution in [3.05, 3.63) is 94.9 Å². The maximum Gasteiger partial charge on any atom is 0.115 e. The first-order chi connectivity index (χ1) is 13.7. The zero-order chi connectivity index (χ0) is 19.1. The van der Waals surface area contributed by atoms with Gasteiger partial charge in [-0.3, -0.25) is 9.88 Å². The number of phenols is 1. The van der Waals surface area contributed by atoms with E-state index in [0.29, 0.717) is 5.75 Å². The first-order valence-corrected chi connectivity index (χ1v) is 9.74. The molecule has 0 fully saturated rings. The van der Waals surface area contributed by atoms with Crippen molar-refractivity contribution in [3.8, 4) is 5.75 Å². The zero-order valence-electron chi connectivity index (χ0n) is 15.9. The summed E-state index contributed by atoms with van der Waals surface area (Å²) in [5.41, 5.74) is 7.02. The molecule has 3 heterocycles. The summed E-state index contributed by atoms with van der Waals surface area (Å²) < 4.78 is 0. The number of fused-ring (bicyclic) bond motifs is 3. The molecule has 1 aliphatic heterocycles. The molecule has 1 atom stereocenters. The van der Waals surface area contributed by atoms with Gasteiger partial charge in [0.15, 0.2) is 0 Å². The number of para-hydroxylation sites is 1.